The Bertz CT molecular complexity index is 255. The Kier molecular flexibility index (Phi) is 1.62. The second-order valence-corrected chi connectivity index (χ2v) is 2.79. The zero-order valence-corrected chi connectivity index (χ0v) is 6.09. The molecule has 2 heteroatoms. The van der Waals surface area contributed by atoms with Gasteiger partial charge in [0.1, 0.15) is 5.82 Å². The van der Waals surface area contributed by atoms with E-state index in [9.17, 15) is 4.39 Å². The smallest absolute Gasteiger partial charge is 0.123 e. The Morgan fingerprint density at radius 3 is 2.73 bits per heavy atom. The summed E-state index contributed by atoms with van der Waals surface area (Å²) in [5.74, 6) is 0.264. The van der Waals surface area contributed by atoms with Crippen molar-refractivity contribution in [1.82, 2.24) is 0 Å². The minimum Gasteiger partial charge on any atom is -0.380 e. The first-order chi connectivity index (χ1) is 5.36. The van der Waals surface area contributed by atoms with E-state index in [1.807, 2.05) is 6.07 Å². The molecule has 0 aliphatic carbocycles. The van der Waals surface area contributed by atoms with Crippen molar-refractivity contribution >= 4 is 0 Å². The van der Waals surface area contributed by atoms with Crippen LogP contribution in [-0.4, -0.2) is 13.2 Å². The van der Waals surface area contributed by atoms with E-state index in [0.29, 0.717) is 5.92 Å². The fraction of sp³-hybridized carbons (Fsp3) is 0.333. The summed E-state index contributed by atoms with van der Waals surface area (Å²) in [6, 6.07) is 6.72. The average molecular weight is 152 g/mol. The predicted octanol–water partition coefficient (Wildman–Crippen LogP) is 1.94. The van der Waals surface area contributed by atoms with Gasteiger partial charge in [0.25, 0.3) is 0 Å². The van der Waals surface area contributed by atoms with Crippen LogP contribution in [0.15, 0.2) is 24.3 Å². The highest BCUT2D eigenvalue weighted by atomic mass is 19.1. The predicted molar refractivity (Wildman–Crippen MR) is 40.0 cm³/mol. The summed E-state index contributed by atoms with van der Waals surface area (Å²) in [6.45, 7) is 1.48. The zero-order chi connectivity index (χ0) is 7.68. The van der Waals surface area contributed by atoms with E-state index >= 15 is 0 Å². The van der Waals surface area contributed by atoms with E-state index < -0.39 is 0 Å². The van der Waals surface area contributed by atoms with Crippen LogP contribution in [0.1, 0.15) is 11.5 Å². The van der Waals surface area contributed by atoms with Crippen molar-refractivity contribution in [2.75, 3.05) is 13.2 Å². The highest BCUT2D eigenvalue weighted by Crippen LogP contribution is 2.23. The van der Waals surface area contributed by atoms with Crippen LogP contribution in [0.25, 0.3) is 0 Å². The molecule has 1 aromatic carbocycles. The van der Waals surface area contributed by atoms with Crippen LogP contribution in [0.5, 0.6) is 0 Å². The van der Waals surface area contributed by atoms with Gasteiger partial charge in [-0.15, -0.1) is 0 Å². The lowest BCUT2D eigenvalue weighted by molar-refractivity contribution is 0.00832. The van der Waals surface area contributed by atoms with Crippen molar-refractivity contribution in [3.63, 3.8) is 0 Å². The van der Waals surface area contributed by atoms with Gasteiger partial charge in [-0.25, -0.2) is 4.39 Å². The fourth-order valence-electron chi connectivity index (χ4n) is 1.19. The summed E-state index contributed by atoms with van der Waals surface area (Å²) in [7, 11) is 0. The maximum absolute atomic E-state index is 12.6. The Balaban J connectivity index is 2.23. The number of hydrogen-bond acceptors (Lipinski definition) is 1. The van der Waals surface area contributed by atoms with E-state index in [2.05, 4.69) is 0 Å². The van der Waals surface area contributed by atoms with Crippen molar-refractivity contribution in [2.45, 2.75) is 5.92 Å². The second kappa shape index (κ2) is 2.62. The van der Waals surface area contributed by atoms with Crippen LogP contribution in [-0.2, 0) is 4.74 Å². The summed E-state index contributed by atoms with van der Waals surface area (Å²) in [4.78, 5) is 0. The van der Waals surface area contributed by atoms with Crippen molar-refractivity contribution in [1.29, 1.82) is 0 Å². The van der Waals surface area contributed by atoms with Gasteiger partial charge in [0.15, 0.2) is 0 Å². The number of ether oxygens (including phenoxy) is 1. The third-order valence-corrected chi connectivity index (χ3v) is 1.96. The van der Waals surface area contributed by atoms with E-state index in [1.54, 1.807) is 12.1 Å². The molecule has 0 aromatic heterocycles. The number of hydrogen-bond donors (Lipinski definition) is 0. The molecule has 2 rings (SSSR count). The largest absolute Gasteiger partial charge is 0.380 e. The Morgan fingerprint density at radius 2 is 2.18 bits per heavy atom. The van der Waals surface area contributed by atoms with Crippen LogP contribution < -0.4 is 0 Å². The van der Waals surface area contributed by atoms with Crippen LogP contribution in [0.2, 0.25) is 0 Å². The molecule has 1 aliphatic rings. The molecule has 1 nitrogen and oxygen atoms in total. The highest BCUT2D eigenvalue weighted by Gasteiger charge is 2.20. The molecule has 1 heterocycles. The van der Waals surface area contributed by atoms with E-state index in [4.69, 9.17) is 4.74 Å². The lowest BCUT2D eigenvalue weighted by atomic mass is 9.98. The number of halogens is 1. The molecule has 0 saturated carbocycles. The topological polar surface area (TPSA) is 9.23 Å². The molecule has 0 spiro atoms. The van der Waals surface area contributed by atoms with Crippen molar-refractivity contribution in [3.05, 3.63) is 35.6 Å². The molecule has 0 unspecified atom stereocenters. The highest BCUT2D eigenvalue weighted by molar-refractivity contribution is 5.22. The summed E-state index contributed by atoms with van der Waals surface area (Å²) < 4.78 is 17.7. The standard InChI is InChI=1S/C9H9FO/c10-9-3-1-2-7(4-9)8-5-11-6-8/h1-4,8H,5-6H2. The molecule has 0 atom stereocenters. The number of benzene rings is 1. The molecular formula is C9H9FO. The second-order valence-electron chi connectivity index (χ2n) is 2.79. The molecule has 1 aromatic rings. The van der Waals surface area contributed by atoms with E-state index in [0.717, 1.165) is 18.8 Å². The number of rotatable bonds is 1. The van der Waals surface area contributed by atoms with Gasteiger partial charge in [-0.3, -0.25) is 0 Å². The molecule has 0 bridgehead atoms. The van der Waals surface area contributed by atoms with E-state index in [-0.39, 0.29) is 5.82 Å². The van der Waals surface area contributed by atoms with Crippen molar-refractivity contribution < 1.29 is 9.13 Å². The Morgan fingerprint density at radius 1 is 1.36 bits per heavy atom. The molecule has 1 fully saturated rings. The summed E-state index contributed by atoms with van der Waals surface area (Å²) in [5.41, 5.74) is 1.05. The van der Waals surface area contributed by atoms with Crippen molar-refractivity contribution in [2.24, 2.45) is 0 Å². The minimum absolute atomic E-state index is 0.158. The Labute approximate surface area is 64.8 Å². The molecular weight excluding hydrogens is 143 g/mol. The van der Waals surface area contributed by atoms with Gasteiger partial charge in [-0.2, -0.15) is 0 Å². The zero-order valence-electron chi connectivity index (χ0n) is 6.09. The first kappa shape index (κ1) is 6.80. The average Bonchev–Trinajstić information content (AvgIpc) is 1.83. The SMILES string of the molecule is Fc1cccc(C2COC2)c1. The van der Waals surface area contributed by atoms with Gasteiger partial charge in [0, 0.05) is 5.92 Å². The third-order valence-electron chi connectivity index (χ3n) is 1.96. The molecule has 1 aliphatic heterocycles. The van der Waals surface area contributed by atoms with Crippen LogP contribution >= 0.6 is 0 Å². The Hall–Kier alpha value is -0.890. The molecule has 0 radical (unpaired) electrons. The van der Waals surface area contributed by atoms with Crippen LogP contribution in [0, 0.1) is 5.82 Å². The molecule has 0 N–H and O–H groups in total. The molecule has 0 amide bonds. The molecule has 1 saturated heterocycles. The van der Waals surface area contributed by atoms with Gasteiger partial charge in [0.2, 0.25) is 0 Å². The molecule has 58 valence electrons. The minimum atomic E-state index is -0.158. The molecule has 11 heavy (non-hydrogen) atoms. The lowest BCUT2D eigenvalue weighted by Crippen LogP contribution is -2.24. The quantitative estimate of drug-likeness (QED) is 0.597. The van der Waals surface area contributed by atoms with Gasteiger partial charge < -0.3 is 4.74 Å². The fourth-order valence-corrected chi connectivity index (χ4v) is 1.19. The van der Waals surface area contributed by atoms with Gasteiger partial charge in [-0.1, -0.05) is 12.1 Å². The normalized spacial score (nSPS) is 17.9. The lowest BCUT2D eigenvalue weighted by Gasteiger charge is -2.26. The van der Waals surface area contributed by atoms with Crippen LogP contribution in [0.4, 0.5) is 4.39 Å². The van der Waals surface area contributed by atoms with Crippen LogP contribution in [0.3, 0.4) is 0 Å². The summed E-state index contributed by atoms with van der Waals surface area (Å²) in [6.07, 6.45) is 0. The third kappa shape index (κ3) is 1.26. The van der Waals surface area contributed by atoms with Gasteiger partial charge in [0.05, 0.1) is 13.2 Å². The first-order valence-corrected chi connectivity index (χ1v) is 3.69. The van der Waals surface area contributed by atoms with Crippen molar-refractivity contribution in [3.8, 4) is 0 Å². The summed E-state index contributed by atoms with van der Waals surface area (Å²) in [5, 5.41) is 0. The van der Waals surface area contributed by atoms with Gasteiger partial charge >= 0.3 is 0 Å². The first-order valence-electron chi connectivity index (χ1n) is 3.69. The van der Waals surface area contributed by atoms with E-state index in [1.165, 1.54) is 6.07 Å². The van der Waals surface area contributed by atoms with Gasteiger partial charge in [-0.05, 0) is 17.7 Å². The summed E-state index contributed by atoms with van der Waals surface area (Å²) >= 11 is 0. The maximum Gasteiger partial charge on any atom is 0.123 e. The monoisotopic (exact) mass is 152 g/mol. The maximum atomic E-state index is 12.6.